The third kappa shape index (κ3) is 4.69. The third-order valence-corrected chi connectivity index (χ3v) is 7.72. The Labute approximate surface area is 204 Å². The normalized spacial score (nSPS) is 24.6. The number of aromatic nitrogens is 2. The second kappa shape index (κ2) is 9.85. The molecular formula is C25H31ClFN5O2. The average Bonchev–Trinajstić information content (AvgIpc) is 3.63. The van der Waals surface area contributed by atoms with E-state index in [0.717, 1.165) is 56.1 Å². The molecule has 34 heavy (non-hydrogen) atoms. The van der Waals surface area contributed by atoms with Crippen LogP contribution in [0, 0.1) is 11.7 Å². The largest absolute Gasteiger partial charge is 0.387 e. The van der Waals surface area contributed by atoms with E-state index >= 15 is 0 Å². The summed E-state index contributed by atoms with van der Waals surface area (Å²) in [5.41, 5.74) is 2.42. The minimum absolute atomic E-state index is 0.0567. The van der Waals surface area contributed by atoms with E-state index in [1.807, 2.05) is 0 Å². The topological polar surface area (TPSA) is 81.6 Å². The second-order valence-corrected chi connectivity index (χ2v) is 10.2. The Bertz CT molecular complexity index is 1040. The molecule has 2 unspecified atom stereocenters. The molecule has 2 aliphatic carbocycles. The molecule has 2 aromatic rings. The Morgan fingerprint density at radius 3 is 2.71 bits per heavy atom. The van der Waals surface area contributed by atoms with E-state index in [0.29, 0.717) is 17.9 Å². The highest BCUT2D eigenvalue weighted by atomic mass is 35.5. The van der Waals surface area contributed by atoms with Crippen molar-refractivity contribution in [3.63, 3.8) is 0 Å². The fraction of sp³-hybridized carbons (Fsp3) is 0.560. The van der Waals surface area contributed by atoms with Gasteiger partial charge in [-0.3, -0.25) is 4.90 Å². The van der Waals surface area contributed by atoms with Crippen LogP contribution < -0.4 is 10.2 Å². The zero-order valence-electron chi connectivity index (χ0n) is 19.3. The van der Waals surface area contributed by atoms with Gasteiger partial charge in [0.05, 0.1) is 28.9 Å². The van der Waals surface area contributed by atoms with Crippen LogP contribution in [0.4, 0.5) is 10.2 Å². The van der Waals surface area contributed by atoms with Crippen LogP contribution in [-0.2, 0) is 4.79 Å². The zero-order valence-corrected chi connectivity index (χ0v) is 20.1. The van der Waals surface area contributed by atoms with Crippen molar-refractivity contribution in [1.82, 2.24) is 20.2 Å². The molecule has 2 fully saturated rings. The molecule has 7 nitrogen and oxygen atoms in total. The van der Waals surface area contributed by atoms with E-state index < -0.39 is 17.8 Å². The van der Waals surface area contributed by atoms with Gasteiger partial charge in [-0.15, -0.1) is 0 Å². The minimum atomic E-state index is -0.530. The number of carbonyl (C=O) groups excluding carboxylic acids is 1. The summed E-state index contributed by atoms with van der Waals surface area (Å²) in [5.74, 6) is 0.755. The Hall–Kier alpha value is -2.13. The monoisotopic (exact) mass is 487 g/mol. The first-order valence-electron chi connectivity index (χ1n) is 12.1. The lowest BCUT2D eigenvalue weighted by molar-refractivity contribution is -0.111. The van der Waals surface area contributed by atoms with Gasteiger partial charge in [0.25, 0.3) is 0 Å². The smallest absolute Gasteiger partial charge is 0.142 e. The number of hydrogen-bond acceptors (Lipinski definition) is 7. The molecule has 1 aliphatic heterocycles. The number of carbonyl (C=O) groups is 1. The first-order chi connectivity index (χ1) is 16.5. The SMILES string of the molecule is C[C@@H]1C[C@H](O)c2ncnc(N3CCN(C(NCC4CC4)C(C=O)c4ccc(Cl)c(F)c4)CC3)c21. The number of halogens is 2. The van der Waals surface area contributed by atoms with E-state index in [2.05, 4.69) is 32.0 Å². The van der Waals surface area contributed by atoms with Crippen LogP contribution in [0.1, 0.15) is 60.9 Å². The fourth-order valence-corrected chi connectivity index (χ4v) is 5.43. The van der Waals surface area contributed by atoms with Gasteiger partial charge in [-0.1, -0.05) is 24.6 Å². The Morgan fingerprint density at radius 1 is 1.26 bits per heavy atom. The molecule has 1 saturated heterocycles. The van der Waals surface area contributed by atoms with E-state index in [-0.39, 0.29) is 17.1 Å². The summed E-state index contributed by atoms with van der Waals surface area (Å²) in [6, 6.07) is 4.63. The molecule has 2 heterocycles. The summed E-state index contributed by atoms with van der Waals surface area (Å²) in [5, 5.41) is 14.0. The lowest BCUT2D eigenvalue weighted by atomic mass is 9.95. The van der Waals surface area contributed by atoms with Gasteiger partial charge in [0.1, 0.15) is 24.2 Å². The fourth-order valence-electron chi connectivity index (χ4n) is 5.31. The number of aliphatic hydroxyl groups excluding tert-OH is 1. The summed E-state index contributed by atoms with van der Waals surface area (Å²) >= 11 is 5.88. The first-order valence-corrected chi connectivity index (χ1v) is 12.5. The summed E-state index contributed by atoms with van der Waals surface area (Å²) in [7, 11) is 0. The number of aliphatic hydroxyl groups is 1. The van der Waals surface area contributed by atoms with Crippen LogP contribution in [0.5, 0.6) is 0 Å². The van der Waals surface area contributed by atoms with Crippen molar-refractivity contribution in [3.05, 3.63) is 52.2 Å². The molecule has 3 aliphatic rings. The van der Waals surface area contributed by atoms with Crippen molar-refractivity contribution < 1.29 is 14.3 Å². The Morgan fingerprint density at radius 2 is 2.03 bits per heavy atom. The summed E-state index contributed by atoms with van der Waals surface area (Å²) in [4.78, 5) is 25.7. The number of piperazine rings is 1. The van der Waals surface area contributed by atoms with Gasteiger partial charge in [-0.05, 0) is 55.3 Å². The number of anilines is 1. The van der Waals surface area contributed by atoms with Crippen LogP contribution in [-0.4, -0.2) is 65.2 Å². The summed E-state index contributed by atoms with van der Waals surface area (Å²) in [6.07, 6.45) is 4.79. The van der Waals surface area contributed by atoms with Crippen molar-refractivity contribution in [2.24, 2.45) is 5.92 Å². The maximum Gasteiger partial charge on any atom is 0.142 e. The molecule has 0 amide bonds. The number of nitrogens with zero attached hydrogens (tertiary/aromatic N) is 4. The number of fused-ring (bicyclic) bond motifs is 1. The third-order valence-electron chi connectivity index (χ3n) is 7.41. The number of hydrogen-bond donors (Lipinski definition) is 2. The first kappa shape index (κ1) is 23.6. The molecule has 1 saturated carbocycles. The van der Waals surface area contributed by atoms with Gasteiger partial charge < -0.3 is 20.1 Å². The van der Waals surface area contributed by atoms with Gasteiger partial charge in [0.2, 0.25) is 0 Å². The van der Waals surface area contributed by atoms with Crippen molar-refractivity contribution in [2.75, 3.05) is 37.6 Å². The van der Waals surface area contributed by atoms with E-state index in [9.17, 15) is 14.3 Å². The van der Waals surface area contributed by atoms with E-state index in [1.54, 1.807) is 12.4 Å². The molecule has 1 aromatic carbocycles. The predicted octanol–water partition coefficient (Wildman–Crippen LogP) is 3.24. The predicted molar refractivity (Wildman–Crippen MR) is 129 cm³/mol. The lowest BCUT2D eigenvalue weighted by Gasteiger charge is -2.42. The van der Waals surface area contributed by atoms with Gasteiger partial charge >= 0.3 is 0 Å². The zero-order chi connectivity index (χ0) is 23.8. The van der Waals surface area contributed by atoms with E-state index in [4.69, 9.17) is 11.6 Å². The maximum absolute atomic E-state index is 14.2. The molecule has 0 bridgehead atoms. The summed E-state index contributed by atoms with van der Waals surface area (Å²) < 4.78 is 14.2. The van der Waals surface area contributed by atoms with Gasteiger partial charge in [0.15, 0.2) is 0 Å². The van der Waals surface area contributed by atoms with Crippen molar-refractivity contribution in [1.29, 1.82) is 0 Å². The standard InChI is InChI=1S/C25H31ClFN5O2/c1-15-10-21(34)23-22(15)25(30-14-29-23)32-8-6-31(7-9-32)24(28-12-16-2-3-16)18(13-33)17-4-5-19(26)20(27)11-17/h4-5,11,13-16,18,21,24,28,34H,2-3,6-10,12H2,1H3/t15-,18?,21+,24?/m1/s1. The number of benzene rings is 1. The molecule has 4 atom stereocenters. The molecule has 2 N–H and O–H groups in total. The van der Waals surface area contributed by atoms with Gasteiger partial charge in [-0.25, -0.2) is 14.4 Å². The van der Waals surface area contributed by atoms with Crippen LogP contribution in [0.15, 0.2) is 24.5 Å². The summed E-state index contributed by atoms with van der Waals surface area (Å²) in [6.45, 7) is 5.91. The van der Waals surface area contributed by atoms with Gasteiger partial charge in [-0.2, -0.15) is 0 Å². The average molecular weight is 488 g/mol. The second-order valence-electron chi connectivity index (χ2n) is 9.80. The van der Waals surface area contributed by atoms with Crippen LogP contribution in [0.3, 0.4) is 0 Å². The van der Waals surface area contributed by atoms with E-state index in [1.165, 1.54) is 25.0 Å². The van der Waals surface area contributed by atoms with Crippen molar-refractivity contribution in [3.8, 4) is 0 Å². The molecule has 0 radical (unpaired) electrons. The maximum atomic E-state index is 14.2. The molecule has 0 spiro atoms. The van der Waals surface area contributed by atoms with Crippen LogP contribution >= 0.6 is 11.6 Å². The Kier molecular flexibility index (Phi) is 6.84. The highest BCUT2D eigenvalue weighted by molar-refractivity contribution is 6.30. The Balaban J connectivity index is 1.34. The molecule has 5 rings (SSSR count). The van der Waals surface area contributed by atoms with Crippen LogP contribution in [0.25, 0.3) is 0 Å². The van der Waals surface area contributed by atoms with Crippen molar-refractivity contribution in [2.45, 2.75) is 50.3 Å². The van der Waals surface area contributed by atoms with Gasteiger partial charge in [0, 0.05) is 31.7 Å². The lowest BCUT2D eigenvalue weighted by Crippen LogP contribution is -2.57. The van der Waals surface area contributed by atoms with Crippen molar-refractivity contribution >= 4 is 23.7 Å². The minimum Gasteiger partial charge on any atom is -0.387 e. The molecule has 9 heteroatoms. The molecular weight excluding hydrogens is 457 g/mol. The molecule has 182 valence electrons. The highest BCUT2D eigenvalue weighted by Crippen LogP contribution is 2.43. The van der Waals surface area contributed by atoms with Crippen LogP contribution in [0.2, 0.25) is 5.02 Å². The molecule has 1 aromatic heterocycles. The number of rotatable bonds is 8. The number of aldehydes is 1. The number of nitrogens with one attached hydrogen (secondary N) is 1. The quantitative estimate of drug-likeness (QED) is 0.553. The highest BCUT2D eigenvalue weighted by Gasteiger charge is 2.36.